The van der Waals surface area contributed by atoms with Gasteiger partial charge in [0.2, 0.25) is 24.0 Å². The lowest BCUT2D eigenvalue weighted by molar-refractivity contribution is 0.174. The number of ether oxygens (including phenoxy) is 2. The van der Waals surface area contributed by atoms with Gasteiger partial charge in [0.25, 0.3) is 0 Å². The number of aromatic nitrogens is 1. The third-order valence-electron chi connectivity index (χ3n) is 4.47. The predicted molar refractivity (Wildman–Crippen MR) is 113 cm³/mol. The SMILES string of the molecule is COP(=O)(OC)c1nc(C=Cc2ccccc2)oc1NCc1ccc2c(c1)OCO2. The largest absolute Gasteiger partial charge is 0.454 e. The van der Waals surface area contributed by atoms with Crippen LogP contribution in [-0.4, -0.2) is 26.0 Å². The quantitative estimate of drug-likeness (QED) is 0.531. The molecule has 1 aliphatic heterocycles. The van der Waals surface area contributed by atoms with Gasteiger partial charge in [0.15, 0.2) is 11.5 Å². The van der Waals surface area contributed by atoms with Crippen LogP contribution in [0.4, 0.5) is 5.88 Å². The molecule has 0 fully saturated rings. The van der Waals surface area contributed by atoms with E-state index >= 15 is 0 Å². The van der Waals surface area contributed by atoms with Crippen LogP contribution in [0.2, 0.25) is 0 Å². The maximum atomic E-state index is 13.0. The van der Waals surface area contributed by atoms with Crippen LogP contribution in [0.3, 0.4) is 0 Å². The molecular weight excluding hydrogens is 407 g/mol. The van der Waals surface area contributed by atoms with E-state index in [1.165, 1.54) is 14.2 Å². The van der Waals surface area contributed by atoms with E-state index in [0.717, 1.165) is 11.1 Å². The minimum absolute atomic E-state index is 0.0842. The number of rotatable bonds is 8. The summed E-state index contributed by atoms with van der Waals surface area (Å²) in [5.41, 5.74) is 1.99. The second kappa shape index (κ2) is 8.75. The minimum atomic E-state index is -3.63. The molecule has 1 aromatic heterocycles. The lowest BCUT2D eigenvalue weighted by Crippen LogP contribution is -2.14. The Hall–Kier alpha value is -3.06. The molecule has 0 radical (unpaired) electrons. The molecule has 0 unspecified atom stereocenters. The number of nitrogens with zero attached hydrogens (tertiary/aromatic N) is 1. The predicted octanol–water partition coefficient (Wildman–Crippen LogP) is 4.30. The minimum Gasteiger partial charge on any atom is -0.454 e. The van der Waals surface area contributed by atoms with Crippen LogP contribution in [0.25, 0.3) is 12.2 Å². The first-order valence-electron chi connectivity index (χ1n) is 9.20. The summed E-state index contributed by atoms with van der Waals surface area (Å²) in [6.45, 7) is 0.592. The van der Waals surface area contributed by atoms with Gasteiger partial charge in [-0.1, -0.05) is 36.4 Å². The fourth-order valence-corrected chi connectivity index (χ4v) is 4.00. The molecule has 0 bridgehead atoms. The Morgan fingerprint density at radius 3 is 2.60 bits per heavy atom. The smallest absolute Gasteiger partial charge is 0.384 e. The van der Waals surface area contributed by atoms with Crippen LogP contribution in [0.5, 0.6) is 11.5 Å². The monoisotopic (exact) mass is 428 g/mol. The number of nitrogens with one attached hydrogen (secondary N) is 1. The van der Waals surface area contributed by atoms with Crippen LogP contribution in [0, 0.1) is 0 Å². The van der Waals surface area contributed by atoms with Crippen LogP contribution in [0.15, 0.2) is 52.9 Å². The molecule has 3 aromatic rings. The average molecular weight is 428 g/mol. The molecule has 30 heavy (non-hydrogen) atoms. The van der Waals surface area contributed by atoms with E-state index in [9.17, 15) is 4.57 Å². The summed E-state index contributed by atoms with van der Waals surface area (Å²) in [6.07, 6.45) is 3.54. The summed E-state index contributed by atoms with van der Waals surface area (Å²) in [5, 5.41) is 3.12. The van der Waals surface area contributed by atoms with Gasteiger partial charge in [-0.25, -0.2) is 0 Å². The van der Waals surface area contributed by atoms with Crippen LogP contribution in [0.1, 0.15) is 17.0 Å². The first-order chi connectivity index (χ1) is 14.6. The van der Waals surface area contributed by atoms with Gasteiger partial charge in [-0.05, 0) is 29.3 Å². The van der Waals surface area contributed by atoms with E-state index in [0.29, 0.717) is 18.0 Å². The van der Waals surface area contributed by atoms with Gasteiger partial charge < -0.3 is 28.3 Å². The van der Waals surface area contributed by atoms with Crippen molar-refractivity contribution in [2.75, 3.05) is 26.3 Å². The molecule has 0 amide bonds. The lowest BCUT2D eigenvalue weighted by Gasteiger charge is -2.12. The van der Waals surface area contributed by atoms with Gasteiger partial charge in [-0.3, -0.25) is 4.57 Å². The van der Waals surface area contributed by atoms with E-state index in [2.05, 4.69) is 10.3 Å². The molecule has 1 N–H and O–H groups in total. The second-order valence-electron chi connectivity index (χ2n) is 6.35. The van der Waals surface area contributed by atoms with Gasteiger partial charge in [0.1, 0.15) is 0 Å². The van der Waals surface area contributed by atoms with Crippen molar-refractivity contribution >= 4 is 31.1 Å². The third kappa shape index (κ3) is 4.26. The number of anilines is 1. The standard InChI is InChI=1S/C21H21N2O6P/c1-25-30(24,26-2)21-20(22-13-16-8-10-17-18(12-16)28-14-27-17)29-19(23-21)11-9-15-6-4-3-5-7-15/h3-12,22H,13-14H2,1-2H3. The molecule has 1 aliphatic rings. The number of benzene rings is 2. The van der Waals surface area contributed by atoms with Gasteiger partial charge in [-0.15, -0.1) is 0 Å². The van der Waals surface area contributed by atoms with Crippen LogP contribution < -0.4 is 20.2 Å². The Labute approximate surface area is 174 Å². The van der Waals surface area contributed by atoms with E-state index < -0.39 is 7.60 Å². The van der Waals surface area contributed by atoms with Gasteiger partial charge >= 0.3 is 7.60 Å². The first kappa shape index (κ1) is 20.2. The van der Waals surface area contributed by atoms with E-state index in [1.54, 1.807) is 6.08 Å². The summed E-state index contributed by atoms with van der Waals surface area (Å²) in [5.74, 6) is 1.87. The zero-order chi connectivity index (χ0) is 21.0. The molecule has 156 valence electrons. The van der Waals surface area contributed by atoms with Crippen molar-refractivity contribution < 1.29 is 27.5 Å². The van der Waals surface area contributed by atoms with Gasteiger partial charge in [-0.2, -0.15) is 4.98 Å². The Kier molecular flexibility index (Phi) is 5.90. The molecule has 2 aromatic carbocycles. The van der Waals surface area contributed by atoms with Crippen molar-refractivity contribution in [3.63, 3.8) is 0 Å². The van der Waals surface area contributed by atoms with E-state index in [4.69, 9.17) is 22.9 Å². The normalized spacial score (nSPS) is 13.1. The topological polar surface area (TPSA) is 92.1 Å². The molecule has 0 spiro atoms. The molecular formula is C21H21N2O6P. The van der Waals surface area contributed by atoms with Crippen molar-refractivity contribution in [2.24, 2.45) is 0 Å². The summed E-state index contributed by atoms with van der Waals surface area (Å²) >= 11 is 0. The van der Waals surface area contributed by atoms with Gasteiger partial charge in [0, 0.05) is 26.8 Å². The number of hydrogen-bond acceptors (Lipinski definition) is 8. The van der Waals surface area contributed by atoms with Gasteiger partial charge in [0.05, 0.1) is 0 Å². The highest BCUT2D eigenvalue weighted by Crippen LogP contribution is 2.47. The maximum absolute atomic E-state index is 13.0. The van der Waals surface area contributed by atoms with E-state index in [1.807, 2.05) is 54.6 Å². The third-order valence-corrected chi connectivity index (χ3v) is 6.26. The fraction of sp³-hybridized carbons (Fsp3) is 0.190. The summed E-state index contributed by atoms with van der Waals surface area (Å²) in [4.78, 5) is 4.34. The van der Waals surface area contributed by atoms with E-state index in [-0.39, 0.29) is 24.0 Å². The highest BCUT2D eigenvalue weighted by atomic mass is 31.2. The Balaban J connectivity index is 1.59. The Morgan fingerprint density at radius 1 is 1.07 bits per heavy atom. The molecule has 0 saturated heterocycles. The highest BCUT2D eigenvalue weighted by molar-refractivity contribution is 7.62. The Morgan fingerprint density at radius 2 is 1.83 bits per heavy atom. The fourth-order valence-electron chi connectivity index (χ4n) is 2.91. The summed E-state index contributed by atoms with van der Waals surface area (Å²) < 4.78 is 39.7. The molecule has 0 atom stereocenters. The maximum Gasteiger partial charge on any atom is 0.384 e. The molecule has 4 rings (SSSR count). The lowest BCUT2D eigenvalue weighted by atomic mass is 10.2. The molecule has 0 aliphatic carbocycles. The second-order valence-corrected chi connectivity index (χ2v) is 8.50. The van der Waals surface area contributed by atoms with Crippen molar-refractivity contribution in [1.29, 1.82) is 0 Å². The first-order valence-corrected chi connectivity index (χ1v) is 10.7. The molecule has 8 nitrogen and oxygen atoms in total. The molecule has 0 saturated carbocycles. The summed E-state index contributed by atoms with van der Waals surface area (Å²) in [6, 6.07) is 15.3. The average Bonchev–Trinajstić information content (AvgIpc) is 3.43. The van der Waals surface area contributed by atoms with Crippen molar-refractivity contribution in [2.45, 2.75) is 6.54 Å². The number of oxazole rings is 1. The zero-order valence-electron chi connectivity index (χ0n) is 16.5. The number of fused-ring (bicyclic) bond motifs is 1. The zero-order valence-corrected chi connectivity index (χ0v) is 17.4. The van der Waals surface area contributed by atoms with Crippen molar-refractivity contribution in [1.82, 2.24) is 4.98 Å². The summed E-state index contributed by atoms with van der Waals surface area (Å²) in [7, 11) is -1.02. The van der Waals surface area contributed by atoms with Crippen LogP contribution in [-0.2, 0) is 20.2 Å². The Bertz CT molecular complexity index is 1090. The van der Waals surface area contributed by atoms with Crippen LogP contribution >= 0.6 is 7.60 Å². The molecule has 2 heterocycles. The van der Waals surface area contributed by atoms with Crippen molar-refractivity contribution in [3.8, 4) is 11.5 Å². The number of hydrogen-bond donors (Lipinski definition) is 1. The highest BCUT2D eigenvalue weighted by Gasteiger charge is 2.33. The molecule has 9 heteroatoms. The van der Waals surface area contributed by atoms with Crippen molar-refractivity contribution in [3.05, 3.63) is 65.5 Å².